The molecule has 1 aliphatic rings. The van der Waals surface area contributed by atoms with E-state index in [9.17, 15) is 0 Å². The molecule has 1 unspecified atom stereocenters. The molecular formula is C14H23NS. The Bertz CT molecular complexity index is 329. The zero-order chi connectivity index (χ0) is 11.6. The van der Waals surface area contributed by atoms with E-state index >= 15 is 0 Å². The summed E-state index contributed by atoms with van der Waals surface area (Å²) >= 11 is 1.78. The first-order valence-electron chi connectivity index (χ1n) is 6.29. The van der Waals surface area contributed by atoms with Gasteiger partial charge in [-0.3, -0.25) is 0 Å². The first-order chi connectivity index (χ1) is 7.49. The molecule has 0 aliphatic heterocycles. The predicted molar refractivity (Wildman–Crippen MR) is 71.8 cm³/mol. The molecule has 0 saturated heterocycles. The van der Waals surface area contributed by atoms with Crippen LogP contribution in [0.1, 0.15) is 51.5 Å². The van der Waals surface area contributed by atoms with Crippen LogP contribution in [0.25, 0.3) is 0 Å². The molecule has 1 aliphatic carbocycles. The molecule has 1 saturated carbocycles. The smallest absolute Gasteiger partial charge is 0.0162 e. The maximum atomic E-state index is 6.55. The standard InChI is InChI=1S/C14H23NS/c1-13(2)6-3-7-14(15,11-13)8-4-12-5-9-16-10-12/h5,9-10H,3-4,6-8,11,15H2,1-2H3. The van der Waals surface area contributed by atoms with Crippen LogP contribution >= 0.6 is 11.3 Å². The van der Waals surface area contributed by atoms with Crippen LogP contribution in [-0.4, -0.2) is 5.54 Å². The Morgan fingerprint density at radius 1 is 1.38 bits per heavy atom. The zero-order valence-corrected chi connectivity index (χ0v) is 11.3. The molecule has 0 amide bonds. The molecular weight excluding hydrogens is 214 g/mol. The molecule has 1 nitrogen and oxygen atoms in total. The Morgan fingerprint density at radius 3 is 2.81 bits per heavy atom. The van der Waals surface area contributed by atoms with Gasteiger partial charge in [0.05, 0.1) is 0 Å². The fourth-order valence-electron chi connectivity index (χ4n) is 3.09. The highest BCUT2D eigenvalue weighted by atomic mass is 32.1. The maximum Gasteiger partial charge on any atom is 0.0162 e. The minimum absolute atomic E-state index is 0.0870. The number of hydrogen-bond donors (Lipinski definition) is 1. The van der Waals surface area contributed by atoms with Crippen LogP contribution in [0.3, 0.4) is 0 Å². The van der Waals surface area contributed by atoms with Crippen molar-refractivity contribution in [1.29, 1.82) is 0 Å². The summed E-state index contributed by atoms with van der Waals surface area (Å²) in [4.78, 5) is 0. The lowest BCUT2D eigenvalue weighted by Gasteiger charge is -2.42. The molecule has 1 aromatic heterocycles. The van der Waals surface area contributed by atoms with Crippen molar-refractivity contribution in [1.82, 2.24) is 0 Å². The first kappa shape index (κ1) is 12.1. The van der Waals surface area contributed by atoms with Gasteiger partial charge in [0.25, 0.3) is 0 Å². The molecule has 90 valence electrons. The topological polar surface area (TPSA) is 26.0 Å². The van der Waals surface area contributed by atoms with Gasteiger partial charge >= 0.3 is 0 Å². The number of nitrogens with two attached hydrogens (primary N) is 1. The van der Waals surface area contributed by atoms with E-state index in [0.29, 0.717) is 5.41 Å². The predicted octanol–water partition coefficient (Wildman–Crippen LogP) is 3.98. The van der Waals surface area contributed by atoms with E-state index in [1.165, 1.54) is 31.2 Å². The second-order valence-corrected chi connectivity index (χ2v) is 6.97. The van der Waals surface area contributed by atoms with Gasteiger partial charge in [0.15, 0.2) is 0 Å². The van der Waals surface area contributed by atoms with Crippen molar-refractivity contribution in [2.75, 3.05) is 0 Å². The van der Waals surface area contributed by atoms with Crippen molar-refractivity contribution in [3.05, 3.63) is 22.4 Å². The Labute approximate surface area is 103 Å². The van der Waals surface area contributed by atoms with E-state index in [1.807, 2.05) is 0 Å². The highest BCUT2D eigenvalue weighted by Crippen LogP contribution is 2.41. The van der Waals surface area contributed by atoms with Crippen LogP contribution in [0.4, 0.5) is 0 Å². The fraction of sp³-hybridized carbons (Fsp3) is 0.714. The van der Waals surface area contributed by atoms with E-state index in [1.54, 1.807) is 11.3 Å². The summed E-state index contributed by atoms with van der Waals surface area (Å²) in [7, 11) is 0. The Morgan fingerprint density at radius 2 is 2.19 bits per heavy atom. The zero-order valence-electron chi connectivity index (χ0n) is 10.5. The molecule has 2 rings (SSSR count). The normalized spacial score (nSPS) is 29.2. The second kappa shape index (κ2) is 4.50. The fourth-order valence-corrected chi connectivity index (χ4v) is 3.79. The quantitative estimate of drug-likeness (QED) is 0.845. The molecule has 0 bridgehead atoms. The van der Waals surface area contributed by atoms with Crippen LogP contribution in [0.15, 0.2) is 16.8 Å². The lowest BCUT2D eigenvalue weighted by atomic mass is 9.67. The third-order valence-electron chi connectivity index (χ3n) is 3.85. The highest BCUT2D eigenvalue weighted by Gasteiger charge is 2.36. The van der Waals surface area contributed by atoms with Gasteiger partial charge in [-0.25, -0.2) is 0 Å². The van der Waals surface area contributed by atoms with Gasteiger partial charge in [0.2, 0.25) is 0 Å². The highest BCUT2D eigenvalue weighted by molar-refractivity contribution is 7.07. The minimum atomic E-state index is 0.0870. The van der Waals surface area contributed by atoms with Crippen molar-refractivity contribution in [3.63, 3.8) is 0 Å². The summed E-state index contributed by atoms with van der Waals surface area (Å²) in [6.45, 7) is 4.72. The molecule has 2 heteroatoms. The molecule has 0 spiro atoms. The summed E-state index contributed by atoms with van der Waals surface area (Å²) in [6.07, 6.45) is 7.32. The summed E-state index contributed by atoms with van der Waals surface area (Å²) in [5.41, 5.74) is 8.54. The molecule has 1 fully saturated rings. The van der Waals surface area contributed by atoms with Gasteiger partial charge in [-0.1, -0.05) is 20.3 Å². The average Bonchev–Trinajstić information content (AvgIpc) is 2.65. The van der Waals surface area contributed by atoms with Crippen molar-refractivity contribution in [2.45, 2.75) is 57.9 Å². The number of hydrogen-bond acceptors (Lipinski definition) is 2. The number of rotatable bonds is 3. The van der Waals surface area contributed by atoms with Gasteiger partial charge in [-0.15, -0.1) is 0 Å². The van der Waals surface area contributed by atoms with E-state index in [2.05, 4.69) is 30.7 Å². The summed E-state index contributed by atoms with van der Waals surface area (Å²) in [6, 6.07) is 2.22. The lowest BCUT2D eigenvalue weighted by molar-refractivity contribution is 0.144. The third-order valence-corrected chi connectivity index (χ3v) is 4.58. The van der Waals surface area contributed by atoms with Gasteiger partial charge in [0, 0.05) is 5.54 Å². The van der Waals surface area contributed by atoms with E-state index < -0.39 is 0 Å². The van der Waals surface area contributed by atoms with Crippen LogP contribution in [0.2, 0.25) is 0 Å². The van der Waals surface area contributed by atoms with Gasteiger partial charge in [-0.05, 0) is 59.9 Å². The van der Waals surface area contributed by atoms with Crippen molar-refractivity contribution in [2.24, 2.45) is 11.1 Å². The molecule has 2 N–H and O–H groups in total. The minimum Gasteiger partial charge on any atom is -0.325 e. The van der Waals surface area contributed by atoms with E-state index in [-0.39, 0.29) is 5.54 Å². The third kappa shape index (κ3) is 3.08. The summed E-state index contributed by atoms with van der Waals surface area (Å²) in [5, 5.41) is 4.40. The van der Waals surface area contributed by atoms with Crippen LogP contribution in [-0.2, 0) is 6.42 Å². The molecule has 0 radical (unpaired) electrons. The largest absolute Gasteiger partial charge is 0.325 e. The van der Waals surface area contributed by atoms with Crippen LogP contribution < -0.4 is 5.73 Å². The van der Waals surface area contributed by atoms with Crippen molar-refractivity contribution < 1.29 is 0 Å². The van der Waals surface area contributed by atoms with Crippen LogP contribution in [0, 0.1) is 5.41 Å². The van der Waals surface area contributed by atoms with Crippen LogP contribution in [0.5, 0.6) is 0 Å². The lowest BCUT2D eigenvalue weighted by Crippen LogP contribution is -2.47. The SMILES string of the molecule is CC1(C)CCCC(N)(CCc2ccsc2)C1. The Balaban J connectivity index is 1.92. The Hall–Kier alpha value is -0.340. The molecule has 1 atom stereocenters. The van der Waals surface area contributed by atoms with Gasteiger partial charge in [0.1, 0.15) is 0 Å². The summed E-state index contributed by atoms with van der Waals surface area (Å²) in [5.74, 6) is 0. The van der Waals surface area contributed by atoms with E-state index in [0.717, 1.165) is 12.8 Å². The molecule has 16 heavy (non-hydrogen) atoms. The Kier molecular flexibility index (Phi) is 3.41. The second-order valence-electron chi connectivity index (χ2n) is 6.19. The number of aryl methyl sites for hydroxylation is 1. The molecule has 1 heterocycles. The number of thiophene rings is 1. The maximum absolute atomic E-state index is 6.55. The molecule has 0 aromatic carbocycles. The van der Waals surface area contributed by atoms with E-state index in [4.69, 9.17) is 5.73 Å². The monoisotopic (exact) mass is 237 g/mol. The van der Waals surface area contributed by atoms with Gasteiger partial charge in [-0.2, -0.15) is 11.3 Å². The summed E-state index contributed by atoms with van der Waals surface area (Å²) < 4.78 is 0. The van der Waals surface area contributed by atoms with Crippen molar-refractivity contribution >= 4 is 11.3 Å². The average molecular weight is 237 g/mol. The van der Waals surface area contributed by atoms with Gasteiger partial charge < -0.3 is 5.73 Å². The molecule has 1 aromatic rings. The first-order valence-corrected chi connectivity index (χ1v) is 7.23. The van der Waals surface area contributed by atoms with Crippen molar-refractivity contribution in [3.8, 4) is 0 Å².